The molecule has 0 spiro atoms. The minimum atomic E-state index is -3.06. The summed E-state index contributed by atoms with van der Waals surface area (Å²) in [5.74, 6) is 1.96. The summed E-state index contributed by atoms with van der Waals surface area (Å²) in [5, 5.41) is 6.88. The molecule has 1 atom stereocenters. The lowest BCUT2D eigenvalue weighted by Gasteiger charge is -2.33. The first-order valence-corrected chi connectivity index (χ1v) is 13.4. The Morgan fingerprint density at radius 2 is 1.66 bits per heavy atom. The maximum Gasteiger partial charge on any atom is 0.211 e. The van der Waals surface area contributed by atoms with E-state index in [0.717, 1.165) is 38.4 Å². The highest BCUT2D eigenvalue weighted by Gasteiger charge is 2.25. The summed E-state index contributed by atoms with van der Waals surface area (Å²) in [7, 11) is -3.06. The van der Waals surface area contributed by atoms with Gasteiger partial charge in [-0.25, -0.2) is 12.7 Å². The van der Waals surface area contributed by atoms with Crippen LogP contribution in [-0.4, -0.2) is 81.7 Å². The molecule has 2 aliphatic heterocycles. The van der Waals surface area contributed by atoms with Crippen LogP contribution in [0.1, 0.15) is 59.3 Å². The van der Waals surface area contributed by atoms with E-state index < -0.39 is 10.0 Å². The number of piperidine rings is 1. The molecule has 0 radical (unpaired) electrons. The SMILES string of the molecule is CCNC(=NCC(C(C)C)N1CCCCCC1)NCC1CCN(S(C)(=O)=O)CC1. The minimum absolute atomic E-state index is 0.488. The van der Waals surface area contributed by atoms with E-state index in [0.29, 0.717) is 31.0 Å². The second-order valence-corrected chi connectivity index (χ2v) is 10.9. The van der Waals surface area contributed by atoms with E-state index in [4.69, 9.17) is 4.99 Å². The van der Waals surface area contributed by atoms with E-state index >= 15 is 0 Å². The third-order valence-corrected chi connectivity index (χ3v) is 7.56. The first-order valence-electron chi connectivity index (χ1n) is 11.5. The molecule has 0 amide bonds. The van der Waals surface area contributed by atoms with Crippen LogP contribution in [0.25, 0.3) is 0 Å². The van der Waals surface area contributed by atoms with Gasteiger partial charge in [0.25, 0.3) is 0 Å². The zero-order valence-corrected chi connectivity index (χ0v) is 19.8. The van der Waals surface area contributed by atoms with Gasteiger partial charge >= 0.3 is 0 Å². The van der Waals surface area contributed by atoms with Gasteiger partial charge in [-0.15, -0.1) is 0 Å². The van der Waals surface area contributed by atoms with Crippen LogP contribution in [0.5, 0.6) is 0 Å². The monoisotopic (exact) mass is 429 g/mol. The summed E-state index contributed by atoms with van der Waals surface area (Å²) in [6.45, 7) is 12.9. The van der Waals surface area contributed by atoms with Crippen molar-refractivity contribution in [3.05, 3.63) is 0 Å². The number of rotatable bonds is 8. The van der Waals surface area contributed by atoms with Gasteiger partial charge in [-0.1, -0.05) is 26.7 Å². The predicted octanol–water partition coefficient (Wildman–Crippen LogP) is 2.11. The van der Waals surface area contributed by atoms with Gasteiger partial charge < -0.3 is 10.6 Å². The summed E-state index contributed by atoms with van der Waals surface area (Å²) >= 11 is 0. The number of nitrogens with one attached hydrogen (secondary N) is 2. The molecule has 2 heterocycles. The highest BCUT2D eigenvalue weighted by atomic mass is 32.2. The Morgan fingerprint density at radius 1 is 1.03 bits per heavy atom. The Labute approximate surface area is 178 Å². The zero-order chi connectivity index (χ0) is 21.3. The molecule has 0 aliphatic carbocycles. The summed E-state index contributed by atoms with van der Waals surface area (Å²) in [6, 6.07) is 0.488. The average Bonchev–Trinajstić information content (AvgIpc) is 2.95. The zero-order valence-electron chi connectivity index (χ0n) is 19.0. The fraction of sp³-hybridized carbons (Fsp3) is 0.952. The molecular weight excluding hydrogens is 386 g/mol. The van der Waals surface area contributed by atoms with Gasteiger partial charge in [0.05, 0.1) is 12.8 Å². The van der Waals surface area contributed by atoms with Crippen LogP contribution in [0.3, 0.4) is 0 Å². The van der Waals surface area contributed by atoms with Crippen LogP contribution in [0, 0.1) is 11.8 Å². The number of aliphatic imine (C=N–C) groups is 1. The van der Waals surface area contributed by atoms with E-state index in [1.807, 2.05) is 0 Å². The number of likely N-dealkylation sites (tertiary alicyclic amines) is 1. The van der Waals surface area contributed by atoms with Gasteiger partial charge in [0.2, 0.25) is 10.0 Å². The number of hydrogen-bond acceptors (Lipinski definition) is 4. The fourth-order valence-electron chi connectivity index (χ4n) is 4.39. The molecule has 2 saturated heterocycles. The molecule has 0 saturated carbocycles. The molecule has 29 heavy (non-hydrogen) atoms. The van der Waals surface area contributed by atoms with Gasteiger partial charge in [-0.2, -0.15) is 0 Å². The van der Waals surface area contributed by atoms with Crippen molar-refractivity contribution in [3.63, 3.8) is 0 Å². The highest BCUT2D eigenvalue weighted by molar-refractivity contribution is 7.88. The normalized spacial score (nSPS) is 22.4. The van der Waals surface area contributed by atoms with Crippen molar-refractivity contribution in [2.75, 3.05) is 52.1 Å². The highest BCUT2D eigenvalue weighted by Crippen LogP contribution is 2.19. The Kier molecular flexibility index (Phi) is 10.2. The number of guanidine groups is 1. The Balaban J connectivity index is 1.87. The van der Waals surface area contributed by atoms with Crippen molar-refractivity contribution >= 4 is 16.0 Å². The van der Waals surface area contributed by atoms with Crippen LogP contribution in [-0.2, 0) is 10.0 Å². The van der Waals surface area contributed by atoms with Crippen molar-refractivity contribution in [1.82, 2.24) is 19.8 Å². The molecular formula is C21H43N5O2S. The number of hydrogen-bond donors (Lipinski definition) is 2. The van der Waals surface area contributed by atoms with Crippen LogP contribution in [0.4, 0.5) is 0 Å². The van der Waals surface area contributed by atoms with Crippen LogP contribution < -0.4 is 10.6 Å². The van der Waals surface area contributed by atoms with Crippen molar-refractivity contribution in [3.8, 4) is 0 Å². The molecule has 2 N–H and O–H groups in total. The van der Waals surface area contributed by atoms with Crippen LogP contribution >= 0.6 is 0 Å². The van der Waals surface area contributed by atoms with E-state index in [-0.39, 0.29) is 0 Å². The molecule has 0 aromatic rings. The van der Waals surface area contributed by atoms with Crippen molar-refractivity contribution in [1.29, 1.82) is 0 Å². The van der Waals surface area contributed by atoms with Gasteiger partial charge in [0.15, 0.2) is 5.96 Å². The van der Waals surface area contributed by atoms with Crippen LogP contribution in [0.2, 0.25) is 0 Å². The molecule has 0 aromatic carbocycles. The fourth-order valence-corrected chi connectivity index (χ4v) is 5.26. The van der Waals surface area contributed by atoms with E-state index in [1.165, 1.54) is 45.0 Å². The topological polar surface area (TPSA) is 77.0 Å². The third kappa shape index (κ3) is 8.42. The Morgan fingerprint density at radius 3 is 2.17 bits per heavy atom. The molecule has 2 aliphatic rings. The Hall–Kier alpha value is -0.860. The van der Waals surface area contributed by atoms with Crippen LogP contribution in [0.15, 0.2) is 4.99 Å². The van der Waals surface area contributed by atoms with Gasteiger partial charge in [0.1, 0.15) is 0 Å². The summed E-state index contributed by atoms with van der Waals surface area (Å²) in [6.07, 6.45) is 8.43. The lowest BCUT2D eigenvalue weighted by atomic mass is 9.98. The largest absolute Gasteiger partial charge is 0.357 e. The average molecular weight is 430 g/mol. The van der Waals surface area contributed by atoms with Crippen molar-refractivity contribution in [2.24, 2.45) is 16.8 Å². The molecule has 170 valence electrons. The Bertz CT molecular complexity index is 592. The van der Waals surface area contributed by atoms with Gasteiger partial charge in [-0.3, -0.25) is 9.89 Å². The lowest BCUT2D eigenvalue weighted by molar-refractivity contribution is 0.166. The van der Waals surface area contributed by atoms with Gasteiger partial charge in [0, 0.05) is 32.2 Å². The second-order valence-electron chi connectivity index (χ2n) is 8.97. The van der Waals surface area contributed by atoms with Crippen molar-refractivity contribution < 1.29 is 8.42 Å². The number of sulfonamides is 1. The molecule has 1 unspecified atom stereocenters. The van der Waals surface area contributed by atoms with E-state index in [2.05, 4.69) is 36.3 Å². The van der Waals surface area contributed by atoms with Gasteiger partial charge in [-0.05, 0) is 57.5 Å². The maximum atomic E-state index is 11.7. The first-order chi connectivity index (χ1) is 13.8. The molecule has 8 heteroatoms. The summed E-state index contributed by atoms with van der Waals surface area (Å²) < 4.78 is 24.9. The molecule has 0 aromatic heterocycles. The lowest BCUT2D eigenvalue weighted by Crippen LogP contribution is -2.45. The second kappa shape index (κ2) is 12.1. The third-order valence-electron chi connectivity index (χ3n) is 6.26. The minimum Gasteiger partial charge on any atom is -0.357 e. The molecule has 2 fully saturated rings. The van der Waals surface area contributed by atoms with E-state index in [9.17, 15) is 8.42 Å². The maximum absolute atomic E-state index is 11.7. The summed E-state index contributed by atoms with van der Waals surface area (Å²) in [5.41, 5.74) is 0. The molecule has 0 bridgehead atoms. The molecule has 7 nitrogen and oxygen atoms in total. The van der Waals surface area contributed by atoms with E-state index in [1.54, 1.807) is 4.31 Å². The smallest absolute Gasteiger partial charge is 0.211 e. The standard InChI is InChI=1S/C21H43N5O2S/c1-5-22-21(23-16-19-10-14-26(15-11-19)29(4,27)28)24-17-20(18(2)3)25-12-8-6-7-9-13-25/h18-20H,5-17H2,1-4H3,(H2,22,23,24). The first kappa shape index (κ1) is 24.4. The predicted molar refractivity (Wildman–Crippen MR) is 122 cm³/mol. The van der Waals surface area contributed by atoms with Crippen molar-refractivity contribution in [2.45, 2.75) is 65.3 Å². The molecule has 2 rings (SSSR count). The number of nitrogens with zero attached hydrogens (tertiary/aromatic N) is 3. The summed E-state index contributed by atoms with van der Waals surface area (Å²) in [4.78, 5) is 7.57. The quantitative estimate of drug-likeness (QED) is 0.456.